The lowest BCUT2D eigenvalue weighted by Crippen LogP contribution is -2.28. The molecule has 17 heavy (non-hydrogen) atoms. The quantitative estimate of drug-likeness (QED) is 0.890. The first-order valence-electron chi connectivity index (χ1n) is 5.23. The Labute approximate surface area is 107 Å². The van der Waals surface area contributed by atoms with Gasteiger partial charge in [0.05, 0.1) is 5.02 Å². The summed E-state index contributed by atoms with van der Waals surface area (Å²) in [4.78, 5) is 0.102. The minimum absolute atomic E-state index is 0.0402. The molecule has 96 valence electrons. The summed E-state index contributed by atoms with van der Waals surface area (Å²) in [5.41, 5.74) is 0.909. The summed E-state index contributed by atoms with van der Waals surface area (Å²) in [5.74, 6) is 0. The summed E-state index contributed by atoms with van der Waals surface area (Å²) in [6.07, 6.45) is 0.402. The van der Waals surface area contributed by atoms with E-state index in [0.29, 0.717) is 6.42 Å². The molecule has 0 aliphatic carbocycles. The minimum Gasteiger partial charge on any atom is -0.396 e. The third kappa shape index (κ3) is 3.42. The fourth-order valence-electron chi connectivity index (χ4n) is 1.40. The maximum absolute atomic E-state index is 12.1. The maximum Gasteiger partial charge on any atom is 0.244 e. The summed E-state index contributed by atoms with van der Waals surface area (Å²) < 4.78 is 25.5. The molecule has 0 saturated heterocycles. The third-order valence-electron chi connectivity index (χ3n) is 2.41. The van der Waals surface area contributed by atoms with Crippen LogP contribution < -0.4 is 0 Å². The Morgan fingerprint density at radius 2 is 2.06 bits per heavy atom. The van der Waals surface area contributed by atoms with Gasteiger partial charge in [-0.05, 0) is 31.0 Å². The van der Waals surface area contributed by atoms with Crippen molar-refractivity contribution in [2.45, 2.75) is 18.2 Å². The SMILES string of the molecule is Cc1ccc(S(=O)(=O)N(C)CCCO)c(Cl)c1. The van der Waals surface area contributed by atoms with Gasteiger partial charge in [0.2, 0.25) is 10.0 Å². The number of aryl methyl sites for hydroxylation is 1. The van der Waals surface area contributed by atoms with E-state index in [1.165, 1.54) is 17.4 Å². The molecule has 0 aromatic heterocycles. The van der Waals surface area contributed by atoms with Crippen molar-refractivity contribution in [3.05, 3.63) is 28.8 Å². The second-order valence-corrected chi connectivity index (χ2v) is 6.26. The van der Waals surface area contributed by atoms with Crippen LogP contribution in [0.3, 0.4) is 0 Å². The van der Waals surface area contributed by atoms with Crippen LogP contribution in [0, 0.1) is 6.92 Å². The molecule has 6 heteroatoms. The van der Waals surface area contributed by atoms with Gasteiger partial charge >= 0.3 is 0 Å². The highest BCUT2D eigenvalue weighted by Gasteiger charge is 2.22. The van der Waals surface area contributed by atoms with Crippen molar-refractivity contribution >= 4 is 21.6 Å². The van der Waals surface area contributed by atoms with Crippen LogP contribution in [0.2, 0.25) is 5.02 Å². The van der Waals surface area contributed by atoms with E-state index in [1.807, 2.05) is 6.92 Å². The van der Waals surface area contributed by atoms with Crippen LogP contribution in [-0.2, 0) is 10.0 Å². The van der Waals surface area contributed by atoms with Gasteiger partial charge in [0.15, 0.2) is 0 Å². The molecule has 0 aliphatic rings. The van der Waals surface area contributed by atoms with Gasteiger partial charge in [-0.2, -0.15) is 0 Å². The number of benzene rings is 1. The average molecular weight is 278 g/mol. The number of aliphatic hydroxyl groups excluding tert-OH is 1. The van der Waals surface area contributed by atoms with E-state index in [0.717, 1.165) is 5.56 Å². The fourth-order valence-corrected chi connectivity index (χ4v) is 3.17. The molecule has 0 fully saturated rings. The molecule has 0 spiro atoms. The first kappa shape index (κ1) is 14.4. The molecular formula is C11H16ClNO3S. The standard InChI is InChI=1S/C11H16ClNO3S/c1-9-4-5-11(10(12)8-9)17(15,16)13(2)6-3-7-14/h4-5,8,14H,3,6-7H2,1-2H3. The summed E-state index contributed by atoms with van der Waals surface area (Å²) in [6, 6.07) is 4.83. The predicted molar refractivity (Wildman–Crippen MR) is 67.7 cm³/mol. The second-order valence-electron chi connectivity index (χ2n) is 3.84. The number of rotatable bonds is 5. The molecule has 1 rings (SSSR count). The van der Waals surface area contributed by atoms with Gasteiger partial charge in [0, 0.05) is 20.2 Å². The topological polar surface area (TPSA) is 57.6 Å². The molecule has 0 radical (unpaired) electrons. The summed E-state index contributed by atoms with van der Waals surface area (Å²) >= 11 is 5.94. The third-order valence-corrected chi connectivity index (χ3v) is 4.75. The zero-order valence-corrected chi connectivity index (χ0v) is 11.4. The smallest absolute Gasteiger partial charge is 0.244 e. The van der Waals surface area contributed by atoms with E-state index in [9.17, 15) is 8.42 Å². The molecule has 0 aliphatic heterocycles. The van der Waals surface area contributed by atoms with Gasteiger partial charge in [0.25, 0.3) is 0 Å². The number of halogens is 1. The van der Waals surface area contributed by atoms with Gasteiger partial charge < -0.3 is 5.11 Å². The van der Waals surface area contributed by atoms with Crippen molar-refractivity contribution in [3.63, 3.8) is 0 Å². The van der Waals surface area contributed by atoms with Crippen LogP contribution in [-0.4, -0.2) is 38.0 Å². The monoisotopic (exact) mass is 277 g/mol. The van der Waals surface area contributed by atoms with Crippen molar-refractivity contribution in [1.82, 2.24) is 4.31 Å². The van der Waals surface area contributed by atoms with Crippen LogP contribution in [0.4, 0.5) is 0 Å². The highest BCUT2D eigenvalue weighted by Crippen LogP contribution is 2.24. The van der Waals surface area contributed by atoms with E-state index in [2.05, 4.69) is 0 Å². The van der Waals surface area contributed by atoms with Crippen LogP contribution in [0.1, 0.15) is 12.0 Å². The Balaban J connectivity index is 3.04. The number of aliphatic hydroxyl groups is 1. The first-order valence-corrected chi connectivity index (χ1v) is 7.04. The number of nitrogens with zero attached hydrogens (tertiary/aromatic N) is 1. The summed E-state index contributed by atoms with van der Waals surface area (Å²) in [7, 11) is -2.09. The lowest BCUT2D eigenvalue weighted by molar-refractivity contribution is 0.275. The Morgan fingerprint density at radius 3 is 2.59 bits per heavy atom. The van der Waals surface area contributed by atoms with Gasteiger partial charge in [-0.3, -0.25) is 0 Å². The Kier molecular flexibility index (Phi) is 4.94. The number of hydrogen-bond acceptors (Lipinski definition) is 3. The van der Waals surface area contributed by atoms with Gasteiger partial charge in [0.1, 0.15) is 4.90 Å². The Bertz CT molecular complexity index is 487. The van der Waals surface area contributed by atoms with E-state index < -0.39 is 10.0 Å². The van der Waals surface area contributed by atoms with Crippen LogP contribution >= 0.6 is 11.6 Å². The molecule has 0 bridgehead atoms. The normalized spacial score (nSPS) is 12.1. The molecule has 4 nitrogen and oxygen atoms in total. The van der Waals surface area contributed by atoms with E-state index >= 15 is 0 Å². The van der Waals surface area contributed by atoms with Crippen molar-refractivity contribution < 1.29 is 13.5 Å². The highest BCUT2D eigenvalue weighted by atomic mass is 35.5. The first-order chi connectivity index (χ1) is 7.89. The molecule has 0 atom stereocenters. The predicted octanol–water partition coefficient (Wildman–Crippen LogP) is 1.65. The summed E-state index contributed by atoms with van der Waals surface area (Å²) in [6.45, 7) is 2.07. The summed E-state index contributed by atoms with van der Waals surface area (Å²) in [5, 5.41) is 8.92. The molecule has 1 aromatic rings. The highest BCUT2D eigenvalue weighted by molar-refractivity contribution is 7.89. The molecular weight excluding hydrogens is 262 g/mol. The Morgan fingerprint density at radius 1 is 1.41 bits per heavy atom. The minimum atomic E-state index is -3.57. The van der Waals surface area contributed by atoms with Crippen molar-refractivity contribution in [3.8, 4) is 0 Å². The number of hydrogen-bond donors (Lipinski definition) is 1. The molecule has 1 N–H and O–H groups in total. The zero-order chi connectivity index (χ0) is 13.1. The lowest BCUT2D eigenvalue weighted by atomic mass is 10.2. The van der Waals surface area contributed by atoms with Crippen LogP contribution in [0.25, 0.3) is 0 Å². The molecule has 0 saturated carbocycles. The molecule has 0 unspecified atom stereocenters. The van der Waals surface area contributed by atoms with Gasteiger partial charge in [-0.15, -0.1) is 0 Å². The van der Waals surface area contributed by atoms with Crippen LogP contribution in [0.15, 0.2) is 23.1 Å². The number of sulfonamides is 1. The van der Waals surface area contributed by atoms with Crippen LogP contribution in [0.5, 0.6) is 0 Å². The molecule has 1 aromatic carbocycles. The average Bonchev–Trinajstić information content (AvgIpc) is 2.25. The van der Waals surface area contributed by atoms with E-state index in [-0.39, 0.29) is 23.1 Å². The maximum atomic E-state index is 12.1. The second kappa shape index (κ2) is 5.82. The van der Waals surface area contributed by atoms with Gasteiger partial charge in [-0.1, -0.05) is 17.7 Å². The molecule has 0 heterocycles. The van der Waals surface area contributed by atoms with Crippen molar-refractivity contribution in [1.29, 1.82) is 0 Å². The van der Waals surface area contributed by atoms with E-state index in [1.54, 1.807) is 12.1 Å². The van der Waals surface area contributed by atoms with Crippen molar-refractivity contribution in [2.75, 3.05) is 20.2 Å². The Hall–Kier alpha value is -0.620. The largest absolute Gasteiger partial charge is 0.396 e. The lowest BCUT2D eigenvalue weighted by Gasteiger charge is -2.17. The van der Waals surface area contributed by atoms with Crippen molar-refractivity contribution in [2.24, 2.45) is 0 Å². The van der Waals surface area contributed by atoms with E-state index in [4.69, 9.17) is 16.7 Å². The fraction of sp³-hybridized carbons (Fsp3) is 0.455. The van der Waals surface area contributed by atoms with Gasteiger partial charge in [-0.25, -0.2) is 12.7 Å². The zero-order valence-electron chi connectivity index (χ0n) is 9.85. The molecule has 0 amide bonds.